The summed E-state index contributed by atoms with van der Waals surface area (Å²) in [5.41, 5.74) is 1.39. The number of furan rings is 1. The van der Waals surface area contributed by atoms with Gasteiger partial charge >= 0.3 is 0 Å². The van der Waals surface area contributed by atoms with Gasteiger partial charge in [0.05, 0.1) is 24.2 Å². The van der Waals surface area contributed by atoms with Gasteiger partial charge in [0.1, 0.15) is 17.3 Å². The number of likely N-dealkylation sites (tertiary alicyclic amines) is 1. The topological polar surface area (TPSA) is 81.6 Å². The van der Waals surface area contributed by atoms with E-state index in [2.05, 4.69) is 10.1 Å². The number of carbonyl (C=O) groups excluding carboxylic acids is 1. The fourth-order valence-corrected chi connectivity index (χ4v) is 3.15. The van der Waals surface area contributed by atoms with Crippen LogP contribution in [0.3, 0.4) is 0 Å². The zero-order valence-corrected chi connectivity index (χ0v) is 14.9. The van der Waals surface area contributed by atoms with Crippen molar-refractivity contribution in [2.75, 3.05) is 20.2 Å². The molecule has 2 aromatic heterocycles. The molecule has 26 heavy (non-hydrogen) atoms. The highest BCUT2D eigenvalue weighted by Crippen LogP contribution is 2.32. The summed E-state index contributed by atoms with van der Waals surface area (Å²) in [5.74, 6) is 3.12. The van der Waals surface area contributed by atoms with E-state index in [1.54, 1.807) is 25.0 Å². The molecule has 134 valence electrons. The minimum absolute atomic E-state index is 0.0277. The smallest absolute Gasteiger partial charge is 0.257 e. The largest absolute Gasteiger partial charge is 0.496 e. The second-order valence-corrected chi connectivity index (χ2v) is 6.39. The quantitative estimate of drug-likeness (QED) is 0.716. The van der Waals surface area contributed by atoms with Crippen LogP contribution in [0.5, 0.6) is 5.75 Å². The first-order chi connectivity index (χ1) is 12.6. The zero-order valence-electron chi connectivity index (χ0n) is 14.9. The van der Waals surface area contributed by atoms with Gasteiger partial charge in [-0.1, -0.05) is 17.3 Å². The standard InChI is InChI=1S/C19H19N3O4/c1-11-8-15(12(2)25-11)19(23)22-9-13(10-22)18-20-17(21-26-18)14-6-4-5-7-16(14)24-3/h4-8,13H,9-10H2,1-3H3. The van der Waals surface area contributed by atoms with Crippen molar-refractivity contribution in [3.63, 3.8) is 0 Å². The first kappa shape index (κ1) is 16.4. The molecule has 1 saturated heterocycles. The number of aromatic nitrogens is 2. The Morgan fingerprint density at radius 1 is 1.27 bits per heavy atom. The van der Waals surface area contributed by atoms with E-state index in [1.807, 2.05) is 31.2 Å². The Bertz CT molecular complexity index is 953. The van der Waals surface area contributed by atoms with E-state index in [0.717, 1.165) is 11.3 Å². The number of para-hydroxylation sites is 1. The van der Waals surface area contributed by atoms with Gasteiger partial charge in [0.25, 0.3) is 5.91 Å². The van der Waals surface area contributed by atoms with E-state index in [9.17, 15) is 4.79 Å². The lowest BCUT2D eigenvalue weighted by Gasteiger charge is -2.36. The molecule has 0 bridgehead atoms. The third kappa shape index (κ3) is 2.75. The molecule has 0 radical (unpaired) electrons. The van der Waals surface area contributed by atoms with Crippen LogP contribution in [0, 0.1) is 13.8 Å². The Balaban J connectivity index is 1.46. The number of hydrogen-bond acceptors (Lipinski definition) is 6. The van der Waals surface area contributed by atoms with E-state index in [0.29, 0.717) is 41.9 Å². The summed E-state index contributed by atoms with van der Waals surface area (Å²) in [4.78, 5) is 18.8. The fourth-order valence-electron chi connectivity index (χ4n) is 3.15. The summed E-state index contributed by atoms with van der Waals surface area (Å²) in [6.07, 6.45) is 0. The molecule has 1 fully saturated rings. The van der Waals surface area contributed by atoms with Gasteiger partial charge in [-0.2, -0.15) is 4.98 Å². The van der Waals surface area contributed by atoms with Crippen LogP contribution in [-0.4, -0.2) is 41.1 Å². The number of hydrogen-bond donors (Lipinski definition) is 0. The SMILES string of the molecule is COc1ccccc1-c1noc(C2CN(C(=O)c3cc(C)oc3C)C2)n1. The highest BCUT2D eigenvalue weighted by atomic mass is 16.5. The molecule has 0 saturated carbocycles. The van der Waals surface area contributed by atoms with Crippen molar-refractivity contribution < 1.29 is 18.5 Å². The van der Waals surface area contributed by atoms with E-state index >= 15 is 0 Å². The van der Waals surface area contributed by atoms with Gasteiger partial charge in [-0.15, -0.1) is 0 Å². The summed E-state index contributed by atoms with van der Waals surface area (Å²) in [6, 6.07) is 9.29. The van der Waals surface area contributed by atoms with Crippen LogP contribution < -0.4 is 4.74 Å². The number of ether oxygens (including phenoxy) is 1. The van der Waals surface area contributed by atoms with Gasteiger partial charge in [0.2, 0.25) is 11.7 Å². The molecule has 1 aromatic carbocycles. The molecule has 3 aromatic rings. The zero-order chi connectivity index (χ0) is 18.3. The normalized spacial score (nSPS) is 14.3. The van der Waals surface area contributed by atoms with Gasteiger partial charge in [-0.3, -0.25) is 4.79 Å². The van der Waals surface area contributed by atoms with Crippen molar-refractivity contribution in [3.8, 4) is 17.1 Å². The molecule has 1 aliphatic heterocycles. The molecule has 0 spiro atoms. The third-order valence-corrected chi connectivity index (χ3v) is 4.58. The van der Waals surface area contributed by atoms with Crippen molar-refractivity contribution in [2.45, 2.75) is 19.8 Å². The maximum atomic E-state index is 12.5. The monoisotopic (exact) mass is 353 g/mol. The Labute approximate surface area is 150 Å². The van der Waals surface area contributed by atoms with Gasteiger partial charge in [0.15, 0.2) is 0 Å². The molecule has 0 aliphatic carbocycles. The number of aryl methyl sites for hydroxylation is 2. The first-order valence-electron chi connectivity index (χ1n) is 8.40. The molecule has 4 rings (SSSR count). The predicted octanol–water partition coefficient (Wildman–Crippen LogP) is 3.19. The van der Waals surface area contributed by atoms with Crippen molar-refractivity contribution >= 4 is 5.91 Å². The van der Waals surface area contributed by atoms with Crippen LogP contribution in [0.2, 0.25) is 0 Å². The number of rotatable bonds is 4. The molecule has 1 aliphatic rings. The van der Waals surface area contributed by atoms with E-state index in [-0.39, 0.29) is 11.8 Å². The van der Waals surface area contributed by atoms with Gasteiger partial charge in [-0.05, 0) is 32.0 Å². The molecule has 1 amide bonds. The summed E-state index contributed by atoms with van der Waals surface area (Å²) < 4.78 is 16.2. The van der Waals surface area contributed by atoms with E-state index in [4.69, 9.17) is 13.7 Å². The van der Waals surface area contributed by atoms with Crippen LogP contribution >= 0.6 is 0 Å². The average Bonchev–Trinajstić information content (AvgIpc) is 3.20. The molecule has 0 atom stereocenters. The first-order valence-corrected chi connectivity index (χ1v) is 8.40. The van der Waals surface area contributed by atoms with E-state index in [1.165, 1.54) is 0 Å². The lowest BCUT2D eigenvalue weighted by atomic mass is 9.99. The van der Waals surface area contributed by atoms with Gasteiger partial charge in [-0.25, -0.2) is 0 Å². The summed E-state index contributed by atoms with van der Waals surface area (Å²) >= 11 is 0. The Hall–Kier alpha value is -3.09. The second-order valence-electron chi connectivity index (χ2n) is 6.39. The number of carbonyl (C=O) groups is 1. The lowest BCUT2D eigenvalue weighted by Crippen LogP contribution is -2.48. The number of benzene rings is 1. The van der Waals surface area contributed by atoms with E-state index < -0.39 is 0 Å². The molecule has 7 nitrogen and oxygen atoms in total. The average molecular weight is 353 g/mol. The number of nitrogens with zero attached hydrogens (tertiary/aromatic N) is 3. The fraction of sp³-hybridized carbons (Fsp3) is 0.316. The van der Waals surface area contributed by atoms with Crippen LogP contribution in [0.25, 0.3) is 11.4 Å². The number of amides is 1. The molecular weight excluding hydrogens is 334 g/mol. The van der Waals surface area contributed by atoms with Crippen molar-refractivity contribution in [3.05, 3.63) is 53.3 Å². The highest BCUT2D eigenvalue weighted by Gasteiger charge is 2.37. The summed E-state index contributed by atoms with van der Waals surface area (Å²) in [5, 5.41) is 4.06. The third-order valence-electron chi connectivity index (χ3n) is 4.58. The summed E-state index contributed by atoms with van der Waals surface area (Å²) in [7, 11) is 1.61. The molecular formula is C19H19N3O4. The second kappa shape index (κ2) is 6.33. The van der Waals surface area contributed by atoms with Crippen LogP contribution in [0.15, 0.2) is 39.3 Å². The van der Waals surface area contributed by atoms with Gasteiger partial charge < -0.3 is 18.6 Å². The Kier molecular flexibility index (Phi) is 3.99. The van der Waals surface area contributed by atoms with Crippen LogP contribution in [0.1, 0.15) is 33.7 Å². The Morgan fingerprint density at radius 2 is 2.04 bits per heavy atom. The molecule has 7 heteroatoms. The maximum absolute atomic E-state index is 12.5. The molecule has 3 heterocycles. The van der Waals surface area contributed by atoms with Crippen LogP contribution in [0.4, 0.5) is 0 Å². The molecule has 0 unspecified atom stereocenters. The minimum atomic E-state index is -0.0277. The van der Waals surface area contributed by atoms with Crippen molar-refractivity contribution in [1.29, 1.82) is 0 Å². The van der Waals surface area contributed by atoms with Crippen molar-refractivity contribution in [2.24, 2.45) is 0 Å². The maximum Gasteiger partial charge on any atom is 0.257 e. The molecule has 0 N–H and O–H groups in total. The van der Waals surface area contributed by atoms with Gasteiger partial charge in [0, 0.05) is 13.1 Å². The Morgan fingerprint density at radius 3 is 2.73 bits per heavy atom. The predicted molar refractivity (Wildman–Crippen MR) is 93.1 cm³/mol. The van der Waals surface area contributed by atoms with Crippen LogP contribution in [-0.2, 0) is 0 Å². The number of methoxy groups -OCH3 is 1. The minimum Gasteiger partial charge on any atom is -0.496 e. The highest BCUT2D eigenvalue weighted by molar-refractivity contribution is 5.95. The van der Waals surface area contributed by atoms with Crippen molar-refractivity contribution in [1.82, 2.24) is 15.0 Å². The summed E-state index contributed by atoms with van der Waals surface area (Å²) in [6.45, 7) is 4.74. The lowest BCUT2D eigenvalue weighted by molar-refractivity contribution is 0.0567.